The molecular formula is C20H17NO2S. The Morgan fingerprint density at radius 1 is 0.708 bits per heavy atom. The van der Waals surface area contributed by atoms with Crippen molar-refractivity contribution in [3.63, 3.8) is 0 Å². The predicted octanol–water partition coefficient (Wildman–Crippen LogP) is 4.92. The van der Waals surface area contributed by atoms with Gasteiger partial charge in [-0.2, -0.15) is 0 Å². The van der Waals surface area contributed by atoms with Crippen LogP contribution in [-0.4, -0.2) is 8.42 Å². The molecule has 1 heterocycles. The fraction of sp³-hybridized carbons (Fsp3) is 0.100. The quantitative estimate of drug-likeness (QED) is 0.495. The molecule has 4 heteroatoms. The Hall–Kier alpha value is -2.59. The number of hydrogen-bond acceptors (Lipinski definition) is 3. The highest BCUT2D eigenvalue weighted by Crippen LogP contribution is 2.48. The second kappa shape index (κ2) is 5.21. The zero-order valence-electron chi connectivity index (χ0n) is 13.5. The normalized spacial score (nSPS) is 14.8. The maximum absolute atomic E-state index is 13.0. The molecule has 0 atom stereocenters. The predicted molar refractivity (Wildman–Crippen MR) is 96.1 cm³/mol. The van der Waals surface area contributed by atoms with Gasteiger partial charge in [0.05, 0.1) is 21.2 Å². The first kappa shape index (κ1) is 15.0. The lowest BCUT2D eigenvalue weighted by molar-refractivity contribution is 0.595. The van der Waals surface area contributed by atoms with E-state index in [1.54, 1.807) is 24.3 Å². The van der Waals surface area contributed by atoms with E-state index in [1.807, 2.05) is 29.2 Å². The molecule has 3 aromatic carbocycles. The van der Waals surface area contributed by atoms with Gasteiger partial charge in [0.2, 0.25) is 9.84 Å². The van der Waals surface area contributed by atoms with Gasteiger partial charge < -0.3 is 4.90 Å². The number of hydrogen-bond donors (Lipinski definition) is 0. The summed E-state index contributed by atoms with van der Waals surface area (Å²) in [5.74, 6) is 0. The lowest BCUT2D eigenvalue weighted by Gasteiger charge is -2.33. The van der Waals surface area contributed by atoms with Crippen LogP contribution in [-0.2, 0) is 9.84 Å². The van der Waals surface area contributed by atoms with Crippen LogP contribution in [0.3, 0.4) is 0 Å². The maximum atomic E-state index is 13.0. The molecular weight excluding hydrogens is 318 g/mol. The second-order valence-corrected chi connectivity index (χ2v) is 7.95. The van der Waals surface area contributed by atoms with Crippen LogP contribution < -0.4 is 4.90 Å². The Morgan fingerprint density at radius 2 is 1.25 bits per heavy atom. The number of fused-ring (bicyclic) bond motifs is 2. The number of anilines is 3. The summed E-state index contributed by atoms with van der Waals surface area (Å²) >= 11 is 0. The van der Waals surface area contributed by atoms with Gasteiger partial charge in [-0.25, -0.2) is 8.42 Å². The topological polar surface area (TPSA) is 37.4 Å². The van der Waals surface area contributed by atoms with Crippen LogP contribution >= 0.6 is 0 Å². The molecule has 0 amide bonds. The highest BCUT2D eigenvalue weighted by molar-refractivity contribution is 7.92. The maximum Gasteiger partial charge on any atom is 0.210 e. The van der Waals surface area contributed by atoms with E-state index in [0.29, 0.717) is 21.2 Å². The van der Waals surface area contributed by atoms with E-state index in [9.17, 15) is 8.42 Å². The van der Waals surface area contributed by atoms with Crippen LogP contribution in [0.25, 0.3) is 0 Å². The Bertz CT molecular complexity index is 1000. The third-order valence-electron chi connectivity index (χ3n) is 4.38. The summed E-state index contributed by atoms with van der Waals surface area (Å²) < 4.78 is 26.0. The molecule has 0 unspecified atom stereocenters. The third-order valence-corrected chi connectivity index (χ3v) is 6.23. The van der Waals surface area contributed by atoms with E-state index in [1.165, 1.54) is 5.56 Å². The van der Waals surface area contributed by atoms with Gasteiger partial charge >= 0.3 is 0 Å². The Labute approximate surface area is 142 Å². The van der Waals surface area contributed by atoms with Crippen LogP contribution in [0.4, 0.5) is 17.1 Å². The van der Waals surface area contributed by atoms with Crippen molar-refractivity contribution in [2.45, 2.75) is 23.6 Å². The van der Waals surface area contributed by atoms with E-state index >= 15 is 0 Å². The van der Waals surface area contributed by atoms with Crippen LogP contribution in [0, 0.1) is 13.8 Å². The highest BCUT2D eigenvalue weighted by atomic mass is 32.2. The molecule has 3 nitrogen and oxygen atoms in total. The number of sulfone groups is 1. The van der Waals surface area contributed by atoms with Gasteiger partial charge in [-0.05, 0) is 49.7 Å². The number of para-hydroxylation sites is 2. The van der Waals surface area contributed by atoms with Crippen LogP contribution in [0.5, 0.6) is 0 Å². The molecule has 24 heavy (non-hydrogen) atoms. The molecule has 0 N–H and O–H groups in total. The lowest BCUT2D eigenvalue weighted by atomic mass is 10.1. The molecule has 0 radical (unpaired) electrons. The molecule has 0 saturated heterocycles. The fourth-order valence-electron chi connectivity index (χ4n) is 3.30. The standard InChI is InChI=1S/C20H17NO2S/c1-14-11-12-16(15(2)13-14)21-17-7-3-5-9-19(17)24(22,23)20-10-6-4-8-18(20)21/h3-13H,1-2H3. The first-order chi connectivity index (χ1) is 11.5. The van der Waals surface area contributed by atoms with Crippen molar-refractivity contribution in [2.24, 2.45) is 0 Å². The summed E-state index contributed by atoms with van der Waals surface area (Å²) in [5, 5.41) is 0. The van der Waals surface area contributed by atoms with Crippen molar-refractivity contribution in [3.05, 3.63) is 77.9 Å². The molecule has 0 bridgehead atoms. The minimum absolute atomic E-state index is 0.351. The summed E-state index contributed by atoms with van der Waals surface area (Å²) in [6, 6.07) is 20.6. The van der Waals surface area contributed by atoms with Gasteiger partial charge in [0.1, 0.15) is 0 Å². The van der Waals surface area contributed by atoms with Gasteiger partial charge in [0, 0.05) is 5.69 Å². The largest absolute Gasteiger partial charge is 0.308 e. The van der Waals surface area contributed by atoms with Crippen molar-refractivity contribution in [1.82, 2.24) is 0 Å². The average molecular weight is 335 g/mol. The van der Waals surface area contributed by atoms with Gasteiger partial charge in [0.25, 0.3) is 0 Å². The summed E-state index contributed by atoms with van der Waals surface area (Å²) in [6.07, 6.45) is 0. The van der Waals surface area contributed by atoms with Crippen molar-refractivity contribution < 1.29 is 8.42 Å². The monoisotopic (exact) mass is 335 g/mol. The fourth-order valence-corrected chi connectivity index (χ4v) is 4.92. The number of nitrogens with zero attached hydrogens (tertiary/aromatic N) is 1. The molecule has 0 saturated carbocycles. The van der Waals surface area contributed by atoms with Gasteiger partial charge in [-0.15, -0.1) is 0 Å². The van der Waals surface area contributed by atoms with Crippen molar-refractivity contribution in [1.29, 1.82) is 0 Å². The zero-order valence-corrected chi connectivity index (χ0v) is 14.3. The second-order valence-electron chi connectivity index (χ2n) is 6.06. The summed E-state index contributed by atoms with van der Waals surface area (Å²) in [6.45, 7) is 4.11. The molecule has 120 valence electrons. The summed E-state index contributed by atoms with van der Waals surface area (Å²) in [7, 11) is -3.50. The third kappa shape index (κ3) is 2.07. The zero-order chi connectivity index (χ0) is 16.9. The van der Waals surface area contributed by atoms with Crippen LogP contribution in [0.15, 0.2) is 76.5 Å². The number of aryl methyl sites for hydroxylation is 2. The van der Waals surface area contributed by atoms with E-state index in [2.05, 4.69) is 32.0 Å². The lowest BCUT2D eigenvalue weighted by Crippen LogP contribution is -2.22. The summed E-state index contributed by atoms with van der Waals surface area (Å²) in [4.78, 5) is 2.74. The van der Waals surface area contributed by atoms with Crippen molar-refractivity contribution in [2.75, 3.05) is 4.90 Å². The Morgan fingerprint density at radius 3 is 1.79 bits per heavy atom. The highest BCUT2D eigenvalue weighted by Gasteiger charge is 2.34. The van der Waals surface area contributed by atoms with Crippen LogP contribution in [0.1, 0.15) is 11.1 Å². The molecule has 0 aliphatic carbocycles. The molecule has 0 fully saturated rings. The SMILES string of the molecule is Cc1ccc(N2c3ccccc3S(=O)(=O)c3ccccc32)c(C)c1. The van der Waals surface area contributed by atoms with Gasteiger partial charge in [-0.1, -0.05) is 42.0 Å². The first-order valence-corrected chi connectivity index (χ1v) is 9.29. The van der Waals surface area contributed by atoms with Crippen LogP contribution in [0.2, 0.25) is 0 Å². The van der Waals surface area contributed by atoms with E-state index in [-0.39, 0.29) is 0 Å². The number of rotatable bonds is 1. The number of benzene rings is 3. The van der Waals surface area contributed by atoms with Crippen molar-refractivity contribution in [3.8, 4) is 0 Å². The van der Waals surface area contributed by atoms with Crippen molar-refractivity contribution >= 4 is 26.9 Å². The Balaban J connectivity index is 2.09. The molecule has 0 spiro atoms. The molecule has 0 aromatic heterocycles. The van der Waals surface area contributed by atoms with E-state index in [4.69, 9.17) is 0 Å². The minimum atomic E-state index is -3.50. The van der Waals surface area contributed by atoms with E-state index < -0.39 is 9.84 Å². The Kier molecular flexibility index (Phi) is 3.25. The molecule has 1 aliphatic rings. The molecule has 3 aromatic rings. The van der Waals surface area contributed by atoms with Gasteiger partial charge in [0.15, 0.2) is 0 Å². The molecule has 4 rings (SSSR count). The smallest absolute Gasteiger partial charge is 0.210 e. The minimum Gasteiger partial charge on any atom is -0.308 e. The van der Waals surface area contributed by atoms with E-state index in [0.717, 1.165) is 11.3 Å². The average Bonchev–Trinajstić information content (AvgIpc) is 2.57. The van der Waals surface area contributed by atoms with Gasteiger partial charge in [-0.3, -0.25) is 0 Å². The molecule has 1 aliphatic heterocycles. The first-order valence-electron chi connectivity index (χ1n) is 7.81. The summed E-state index contributed by atoms with van der Waals surface area (Å²) in [5.41, 5.74) is 4.68.